The molecule has 0 aliphatic heterocycles. The molecular weight excluding hydrogens is 723 g/mol. The fraction of sp³-hybridized carbons (Fsp3) is 0.500. The van der Waals surface area contributed by atoms with E-state index in [0.29, 0.717) is 0 Å². The summed E-state index contributed by atoms with van der Waals surface area (Å²) in [6.07, 6.45) is -18.1. The van der Waals surface area contributed by atoms with Crippen molar-refractivity contribution in [2.24, 2.45) is 0 Å². The molecule has 14 N–H and O–H groups in total. The van der Waals surface area contributed by atoms with Crippen LogP contribution in [0.25, 0.3) is 0 Å². The molecule has 20 nitrogen and oxygen atoms in total. The quantitative estimate of drug-likeness (QED) is 0.0497. The summed E-state index contributed by atoms with van der Waals surface area (Å²) in [6, 6.07) is 7.89. The van der Waals surface area contributed by atoms with Gasteiger partial charge in [-0.2, -0.15) is 16.8 Å². The summed E-state index contributed by atoms with van der Waals surface area (Å²) in [5, 5.41) is 96.3. The second kappa shape index (κ2) is 18.1. The molecule has 0 bridgehead atoms. The summed E-state index contributed by atoms with van der Waals surface area (Å²) < 4.78 is 92.9. The Morgan fingerprint density at radius 2 is 0.750 bits per heavy atom. The molecule has 0 amide bonds. The molecule has 0 aromatic heterocycles. The Balaban J connectivity index is 0.0000115. The molecule has 269 valence electrons. The van der Waals surface area contributed by atoms with Crippen LogP contribution in [0.15, 0.2) is 58.3 Å². The van der Waals surface area contributed by atoms with Crippen LogP contribution in [0.3, 0.4) is 0 Å². The predicted octanol–water partition coefficient (Wildman–Crippen LogP) is -5.74. The minimum absolute atomic E-state index is 0. The number of hydrogen-bond acceptors (Lipinski definition) is 18. The molecule has 2 unspecified atom stereocenters. The fourth-order valence-electron chi connectivity index (χ4n) is 4.03. The summed E-state index contributed by atoms with van der Waals surface area (Å²) >= 11 is 0. The van der Waals surface area contributed by atoms with Crippen molar-refractivity contribution in [3.8, 4) is 0 Å². The third kappa shape index (κ3) is 11.2. The standard InChI is InChI=1S/C24H36N2O18S3.Na/c27-9-15(29)17(31)19(33)21(35)23(46(39,40)41)25-11-1-5-13(6-2-11)45(37,38)14-7-3-12(4-8-14)26-24(47(42,43)44)22(36)20(34)18(32)16(30)10-28;/h1-8,15-36H,9-10H2,(H,39,40,41)(H,42,43,44);/t15-,16-,17-,18-,19+,20+,21-,22-,23?,24?;/m1./s1. The van der Waals surface area contributed by atoms with Crippen molar-refractivity contribution in [1.82, 2.24) is 0 Å². The second-order valence-corrected chi connectivity index (χ2v) is 15.2. The van der Waals surface area contributed by atoms with E-state index < -0.39 is 103 Å². The van der Waals surface area contributed by atoms with Crippen LogP contribution in [0.5, 0.6) is 0 Å². The average Bonchev–Trinajstić information content (AvgIpc) is 3.02. The van der Waals surface area contributed by atoms with Gasteiger partial charge in [0.1, 0.15) is 48.8 Å². The van der Waals surface area contributed by atoms with Crippen molar-refractivity contribution in [2.45, 2.75) is 69.4 Å². The Morgan fingerprint density at radius 3 is 0.979 bits per heavy atom. The molecule has 0 saturated carbocycles. The maximum atomic E-state index is 13.1. The summed E-state index contributed by atoms with van der Waals surface area (Å²) in [4.78, 5) is -0.778. The van der Waals surface area contributed by atoms with Crippen molar-refractivity contribution in [2.75, 3.05) is 23.8 Å². The Morgan fingerprint density at radius 1 is 0.479 bits per heavy atom. The van der Waals surface area contributed by atoms with Crippen LogP contribution in [0.4, 0.5) is 11.4 Å². The zero-order valence-electron chi connectivity index (χ0n) is 24.8. The second-order valence-electron chi connectivity index (χ2n) is 10.2. The molecule has 1 radical (unpaired) electrons. The number of benzene rings is 2. The Kier molecular flexibility index (Phi) is 16.7. The number of rotatable bonds is 18. The molecule has 24 heteroatoms. The molecule has 0 aliphatic rings. The van der Waals surface area contributed by atoms with Gasteiger partial charge < -0.3 is 61.7 Å². The summed E-state index contributed by atoms with van der Waals surface area (Å²) in [7, 11) is -14.8. The summed E-state index contributed by atoms with van der Waals surface area (Å²) in [5.41, 5.74) is -0.439. The van der Waals surface area contributed by atoms with Crippen LogP contribution in [0.1, 0.15) is 0 Å². The van der Waals surface area contributed by atoms with Gasteiger partial charge in [0, 0.05) is 40.9 Å². The van der Waals surface area contributed by atoms with E-state index in [1.807, 2.05) is 0 Å². The Labute approximate surface area is 296 Å². The van der Waals surface area contributed by atoms with Crippen LogP contribution in [-0.4, -0.2) is 188 Å². The molecule has 2 rings (SSSR count). The maximum Gasteiger partial charge on any atom is 0.288 e. The van der Waals surface area contributed by atoms with E-state index in [1.54, 1.807) is 0 Å². The third-order valence-corrected chi connectivity index (χ3v) is 10.6. The number of anilines is 2. The molecular formula is C24H36N2NaO18S3. The largest absolute Gasteiger partial charge is 0.394 e. The first-order chi connectivity index (χ1) is 21.6. The van der Waals surface area contributed by atoms with Crippen LogP contribution < -0.4 is 10.6 Å². The zero-order valence-corrected chi connectivity index (χ0v) is 29.3. The summed E-state index contributed by atoms with van der Waals surface area (Å²) in [5.74, 6) is 0. The van der Waals surface area contributed by atoms with Crippen LogP contribution >= 0.6 is 0 Å². The van der Waals surface area contributed by atoms with Gasteiger partial charge in [-0.1, -0.05) is 0 Å². The van der Waals surface area contributed by atoms with Crippen LogP contribution in [-0.2, 0) is 30.1 Å². The molecule has 0 fully saturated rings. The minimum atomic E-state index is -5.21. The van der Waals surface area contributed by atoms with Crippen LogP contribution in [0, 0.1) is 0 Å². The normalized spacial score (nSPS) is 18.9. The molecule has 0 aliphatic carbocycles. The molecule has 0 heterocycles. The van der Waals surface area contributed by atoms with E-state index in [0.717, 1.165) is 48.5 Å². The fourth-order valence-corrected chi connectivity index (χ4v) is 6.89. The first kappa shape index (κ1) is 44.4. The molecule has 10 atom stereocenters. The van der Waals surface area contributed by atoms with E-state index in [9.17, 15) is 75.2 Å². The van der Waals surface area contributed by atoms with Gasteiger partial charge in [0.25, 0.3) is 20.2 Å². The predicted molar refractivity (Wildman–Crippen MR) is 164 cm³/mol. The van der Waals surface area contributed by atoms with Crippen LogP contribution in [0.2, 0.25) is 0 Å². The topological polar surface area (TPSA) is 369 Å². The number of aliphatic hydroxyl groups excluding tert-OH is 10. The summed E-state index contributed by atoms with van der Waals surface area (Å²) in [6.45, 7) is -2.13. The zero-order chi connectivity index (χ0) is 36.1. The van der Waals surface area contributed by atoms with Gasteiger partial charge in [-0.25, -0.2) is 8.42 Å². The molecule has 0 saturated heterocycles. The van der Waals surface area contributed by atoms with Gasteiger partial charge in [-0.15, -0.1) is 0 Å². The van der Waals surface area contributed by atoms with E-state index in [-0.39, 0.29) is 50.7 Å². The Hall–Kier alpha value is -1.59. The smallest absolute Gasteiger partial charge is 0.288 e. The van der Waals surface area contributed by atoms with Gasteiger partial charge in [-0.05, 0) is 48.5 Å². The number of aliphatic hydroxyl groups is 10. The van der Waals surface area contributed by atoms with Gasteiger partial charge >= 0.3 is 0 Å². The third-order valence-electron chi connectivity index (χ3n) is 6.77. The Bertz CT molecular complexity index is 1520. The molecule has 2 aromatic carbocycles. The van der Waals surface area contributed by atoms with Crippen molar-refractivity contribution in [3.05, 3.63) is 48.5 Å². The van der Waals surface area contributed by atoms with E-state index >= 15 is 0 Å². The van der Waals surface area contributed by atoms with Gasteiger partial charge in [-0.3, -0.25) is 9.11 Å². The number of sulfone groups is 1. The molecule has 2 aromatic rings. The van der Waals surface area contributed by atoms with E-state index in [2.05, 4.69) is 10.6 Å². The van der Waals surface area contributed by atoms with Crippen molar-refractivity contribution in [3.63, 3.8) is 0 Å². The van der Waals surface area contributed by atoms with Crippen molar-refractivity contribution < 1.29 is 85.4 Å². The molecule has 0 spiro atoms. The SMILES string of the molecule is O=S(=O)(c1ccc(NC([C@H](O)[C@@H](O)[C@H](O)[C@H](O)CO)S(=O)(=O)O)cc1)c1ccc(NC([C@H](O)[C@@H](O)[C@H](O)[C@H](O)CO)S(=O)(=O)O)cc1.[Na]. The molecule has 48 heavy (non-hydrogen) atoms. The van der Waals surface area contributed by atoms with Gasteiger partial charge in [0.2, 0.25) is 9.84 Å². The van der Waals surface area contributed by atoms with E-state index in [1.165, 1.54) is 0 Å². The van der Waals surface area contributed by atoms with E-state index in [4.69, 9.17) is 10.2 Å². The monoisotopic (exact) mass is 759 g/mol. The average molecular weight is 760 g/mol. The number of hydrogen-bond donors (Lipinski definition) is 14. The van der Waals surface area contributed by atoms with Gasteiger partial charge in [0.15, 0.2) is 10.7 Å². The minimum Gasteiger partial charge on any atom is -0.394 e. The van der Waals surface area contributed by atoms with Crippen molar-refractivity contribution >= 4 is 71.0 Å². The first-order valence-electron chi connectivity index (χ1n) is 13.1. The maximum absolute atomic E-state index is 13.1. The number of nitrogens with one attached hydrogen (secondary N) is 2. The first-order valence-corrected chi connectivity index (χ1v) is 17.6. The van der Waals surface area contributed by atoms with Crippen molar-refractivity contribution in [1.29, 1.82) is 0 Å². The van der Waals surface area contributed by atoms with Gasteiger partial charge in [0.05, 0.1) is 23.0 Å².